The van der Waals surface area contributed by atoms with E-state index in [9.17, 15) is 14.9 Å². The average Bonchev–Trinajstić information content (AvgIpc) is 2.29. The molecule has 1 heterocycles. The summed E-state index contributed by atoms with van der Waals surface area (Å²) in [5.74, 6) is -0.464. The van der Waals surface area contributed by atoms with Gasteiger partial charge < -0.3 is 9.64 Å². The third-order valence-electron chi connectivity index (χ3n) is 2.63. The summed E-state index contributed by atoms with van der Waals surface area (Å²) in [4.78, 5) is 23.4. The fraction of sp³-hybridized carbons (Fsp3) is 0.500. The monoisotopic (exact) mass is 224 g/mol. The molecule has 16 heavy (non-hydrogen) atoms. The molecule has 1 atom stereocenters. The van der Waals surface area contributed by atoms with E-state index in [4.69, 9.17) is 4.74 Å². The van der Waals surface area contributed by atoms with Gasteiger partial charge in [0.1, 0.15) is 0 Å². The molecule has 0 amide bonds. The maximum Gasteiger partial charge on any atom is 0.292 e. The molecular weight excluding hydrogens is 212 g/mol. The molecule has 1 saturated heterocycles. The second-order valence-corrected chi connectivity index (χ2v) is 3.66. The number of hydrogen-bond donors (Lipinski definition) is 0. The van der Waals surface area contributed by atoms with E-state index in [2.05, 4.69) is 0 Å². The van der Waals surface area contributed by atoms with E-state index in [1.54, 1.807) is 6.08 Å². The first-order chi connectivity index (χ1) is 7.68. The highest BCUT2D eigenvalue weighted by atomic mass is 16.6. The average molecular weight is 224 g/mol. The lowest BCUT2D eigenvalue weighted by Crippen LogP contribution is -2.37. The quantitative estimate of drug-likeness (QED) is 0.487. The molecule has 0 aromatic rings. The van der Waals surface area contributed by atoms with Gasteiger partial charge in [-0.05, 0) is 12.2 Å². The number of nitrogens with zero attached hydrogens (tertiary/aromatic N) is 2. The molecule has 0 aromatic carbocycles. The predicted octanol–water partition coefficient (Wildman–Crippen LogP) is -0.0133. The standard InChI is InChI=1S/C10H12N2O4/c13-10-7-8(1-2-9(10)12(14)15)11-3-5-16-6-4-11/h1-2,7,9H,3-6H2. The zero-order chi connectivity index (χ0) is 11.5. The number of hydrogen-bond acceptors (Lipinski definition) is 5. The Kier molecular flexibility index (Phi) is 3.00. The number of nitro groups is 1. The van der Waals surface area contributed by atoms with Crippen LogP contribution in [-0.4, -0.2) is 48.0 Å². The zero-order valence-electron chi connectivity index (χ0n) is 8.67. The van der Waals surface area contributed by atoms with Gasteiger partial charge in [-0.1, -0.05) is 0 Å². The second-order valence-electron chi connectivity index (χ2n) is 3.66. The van der Waals surface area contributed by atoms with Gasteiger partial charge in [-0.2, -0.15) is 0 Å². The minimum Gasteiger partial charge on any atom is -0.378 e. The first-order valence-corrected chi connectivity index (χ1v) is 5.08. The van der Waals surface area contributed by atoms with E-state index in [-0.39, 0.29) is 0 Å². The van der Waals surface area contributed by atoms with Crippen molar-refractivity contribution in [3.8, 4) is 0 Å². The van der Waals surface area contributed by atoms with Crippen molar-refractivity contribution >= 4 is 5.78 Å². The van der Waals surface area contributed by atoms with Crippen LogP contribution in [0.1, 0.15) is 0 Å². The first kappa shape index (κ1) is 10.8. The van der Waals surface area contributed by atoms with Gasteiger partial charge in [0.25, 0.3) is 6.04 Å². The first-order valence-electron chi connectivity index (χ1n) is 5.08. The molecule has 0 saturated carbocycles. The fourth-order valence-electron chi connectivity index (χ4n) is 1.76. The number of morpholine rings is 1. The lowest BCUT2D eigenvalue weighted by Gasteiger charge is -2.30. The van der Waals surface area contributed by atoms with Gasteiger partial charge >= 0.3 is 0 Å². The molecule has 0 bridgehead atoms. The molecule has 1 fully saturated rings. The van der Waals surface area contributed by atoms with Crippen molar-refractivity contribution < 1.29 is 14.5 Å². The maximum atomic E-state index is 11.5. The van der Waals surface area contributed by atoms with Crippen LogP contribution in [0.3, 0.4) is 0 Å². The third-order valence-corrected chi connectivity index (χ3v) is 2.63. The number of ketones is 1. The van der Waals surface area contributed by atoms with Crippen molar-refractivity contribution in [3.63, 3.8) is 0 Å². The van der Waals surface area contributed by atoms with Crippen molar-refractivity contribution in [1.29, 1.82) is 0 Å². The topological polar surface area (TPSA) is 72.7 Å². The highest BCUT2D eigenvalue weighted by Gasteiger charge is 2.29. The lowest BCUT2D eigenvalue weighted by molar-refractivity contribution is -0.494. The van der Waals surface area contributed by atoms with E-state index in [1.807, 2.05) is 4.90 Å². The fourth-order valence-corrected chi connectivity index (χ4v) is 1.76. The summed E-state index contributed by atoms with van der Waals surface area (Å²) in [6.45, 7) is 2.68. The van der Waals surface area contributed by atoms with Crippen LogP contribution in [0.2, 0.25) is 0 Å². The summed E-state index contributed by atoms with van der Waals surface area (Å²) >= 11 is 0. The highest BCUT2D eigenvalue weighted by molar-refractivity contribution is 5.96. The number of ether oxygens (including phenoxy) is 1. The van der Waals surface area contributed by atoms with Gasteiger partial charge in [0, 0.05) is 29.8 Å². The van der Waals surface area contributed by atoms with Crippen LogP contribution >= 0.6 is 0 Å². The smallest absolute Gasteiger partial charge is 0.292 e. The van der Waals surface area contributed by atoms with E-state index in [0.717, 1.165) is 5.70 Å². The van der Waals surface area contributed by atoms with Crippen molar-refractivity contribution in [2.24, 2.45) is 0 Å². The van der Waals surface area contributed by atoms with Crippen LogP contribution in [0.25, 0.3) is 0 Å². The molecule has 6 nitrogen and oxygen atoms in total. The molecule has 6 heteroatoms. The van der Waals surface area contributed by atoms with E-state index in [1.165, 1.54) is 12.2 Å². The molecule has 0 spiro atoms. The Morgan fingerprint density at radius 1 is 1.44 bits per heavy atom. The number of carbonyl (C=O) groups excluding carboxylic acids is 1. The zero-order valence-corrected chi connectivity index (χ0v) is 8.67. The molecule has 0 aromatic heterocycles. The van der Waals surface area contributed by atoms with Crippen LogP contribution in [0.4, 0.5) is 0 Å². The van der Waals surface area contributed by atoms with Crippen LogP contribution in [0.15, 0.2) is 23.9 Å². The number of carbonyl (C=O) groups is 1. The molecule has 1 aliphatic carbocycles. The van der Waals surface area contributed by atoms with Crippen LogP contribution in [0.5, 0.6) is 0 Å². The molecular formula is C10H12N2O4. The summed E-state index contributed by atoms with van der Waals surface area (Å²) < 4.78 is 5.19. The highest BCUT2D eigenvalue weighted by Crippen LogP contribution is 2.15. The number of allylic oxidation sites excluding steroid dienone is 1. The van der Waals surface area contributed by atoms with Gasteiger partial charge in [-0.25, -0.2) is 0 Å². The molecule has 86 valence electrons. The van der Waals surface area contributed by atoms with E-state index < -0.39 is 16.7 Å². The van der Waals surface area contributed by atoms with Crippen molar-refractivity contribution in [2.45, 2.75) is 6.04 Å². The Balaban J connectivity index is 2.08. The van der Waals surface area contributed by atoms with Crippen LogP contribution in [0, 0.1) is 10.1 Å². The van der Waals surface area contributed by atoms with Crippen LogP contribution in [-0.2, 0) is 9.53 Å². The van der Waals surface area contributed by atoms with E-state index in [0.29, 0.717) is 26.3 Å². The summed E-state index contributed by atoms with van der Waals surface area (Å²) in [5.41, 5.74) is 0.742. The largest absolute Gasteiger partial charge is 0.378 e. The summed E-state index contributed by atoms with van der Waals surface area (Å²) in [5, 5.41) is 10.5. The third kappa shape index (κ3) is 2.11. The normalized spacial score (nSPS) is 25.5. The van der Waals surface area contributed by atoms with Crippen molar-refractivity contribution in [2.75, 3.05) is 26.3 Å². The van der Waals surface area contributed by atoms with Crippen LogP contribution < -0.4 is 0 Å². The molecule has 2 aliphatic rings. The molecule has 0 N–H and O–H groups in total. The van der Waals surface area contributed by atoms with Crippen molar-refractivity contribution in [1.82, 2.24) is 4.90 Å². The van der Waals surface area contributed by atoms with Gasteiger partial charge in [-0.15, -0.1) is 0 Å². The minimum atomic E-state index is -1.22. The SMILES string of the molecule is O=C1C=C(N2CCOCC2)C=CC1[N+](=O)[O-]. The molecule has 0 radical (unpaired) electrons. The summed E-state index contributed by atoms with van der Waals surface area (Å²) in [6, 6.07) is -1.22. The van der Waals surface area contributed by atoms with Gasteiger partial charge in [0.15, 0.2) is 0 Å². The number of rotatable bonds is 2. The maximum absolute atomic E-state index is 11.5. The Hall–Kier alpha value is -1.69. The molecule has 2 rings (SSSR count). The predicted molar refractivity (Wildman–Crippen MR) is 55.4 cm³/mol. The van der Waals surface area contributed by atoms with Crippen molar-refractivity contribution in [3.05, 3.63) is 34.0 Å². The Bertz CT molecular complexity index is 369. The van der Waals surface area contributed by atoms with E-state index >= 15 is 0 Å². The Morgan fingerprint density at radius 3 is 2.69 bits per heavy atom. The second kappa shape index (κ2) is 4.44. The van der Waals surface area contributed by atoms with Gasteiger partial charge in [0.2, 0.25) is 5.78 Å². The lowest BCUT2D eigenvalue weighted by atomic mass is 10.1. The van der Waals surface area contributed by atoms with Gasteiger partial charge in [-0.3, -0.25) is 14.9 Å². The summed E-state index contributed by atoms with van der Waals surface area (Å²) in [7, 11) is 0. The molecule has 1 aliphatic heterocycles. The Labute approximate surface area is 92.3 Å². The molecule has 1 unspecified atom stereocenters. The minimum absolute atomic E-state index is 0.464. The Morgan fingerprint density at radius 2 is 2.12 bits per heavy atom. The van der Waals surface area contributed by atoms with Gasteiger partial charge in [0.05, 0.1) is 13.2 Å². The summed E-state index contributed by atoms with van der Waals surface area (Å²) in [6.07, 6.45) is 4.33.